The summed E-state index contributed by atoms with van der Waals surface area (Å²) >= 11 is 5.87. The van der Waals surface area contributed by atoms with Crippen molar-refractivity contribution in [2.45, 2.75) is 31.6 Å². The van der Waals surface area contributed by atoms with Crippen LogP contribution in [0.5, 0.6) is 0 Å². The molecule has 0 aliphatic rings. The second kappa shape index (κ2) is 6.08. The van der Waals surface area contributed by atoms with Crippen LogP contribution in [-0.4, -0.2) is 8.42 Å². The fourth-order valence-electron chi connectivity index (χ4n) is 1.98. The number of rotatable bonds is 4. The van der Waals surface area contributed by atoms with Crippen molar-refractivity contribution < 1.29 is 8.42 Å². The fourth-order valence-corrected chi connectivity index (χ4v) is 3.33. The highest BCUT2D eigenvalue weighted by Gasteiger charge is 2.15. The monoisotopic (exact) mass is 323 g/mol. The van der Waals surface area contributed by atoms with E-state index in [4.69, 9.17) is 11.6 Å². The Bertz CT molecular complexity index is 737. The predicted octanol–water partition coefficient (Wildman–Crippen LogP) is 4.57. The smallest absolute Gasteiger partial charge is 0.261 e. The van der Waals surface area contributed by atoms with E-state index in [0.29, 0.717) is 16.6 Å². The van der Waals surface area contributed by atoms with Gasteiger partial charge in [0.15, 0.2) is 0 Å². The zero-order valence-corrected chi connectivity index (χ0v) is 13.8. The SMILES string of the molecule is Cc1cc(Cl)ccc1NS(=O)(=O)c1ccc(C(C)C)cc1. The zero-order valence-electron chi connectivity index (χ0n) is 12.2. The van der Waals surface area contributed by atoms with Crippen LogP contribution in [0.4, 0.5) is 5.69 Å². The van der Waals surface area contributed by atoms with E-state index in [-0.39, 0.29) is 4.90 Å². The summed E-state index contributed by atoms with van der Waals surface area (Å²) < 4.78 is 27.3. The Labute approximate surface area is 131 Å². The molecule has 2 aromatic rings. The van der Waals surface area contributed by atoms with Gasteiger partial charge in [0.25, 0.3) is 10.0 Å². The molecule has 0 aliphatic carbocycles. The number of nitrogens with one attached hydrogen (secondary N) is 1. The Morgan fingerprint density at radius 1 is 1.05 bits per heavy atom. The molecule has 0 saturated heterocycles. The van der Waals surface area contributed by atoms with Gasteiger partial charge in [-0.1, -0.05) is 37.6 Å². The maximum absolute atomic E-state index is 12.4. The van der Waals surface area contributed by atoms with Crippen LogP contribution < -0.4 is 4.72 Å². The molecule has 0 saturated carbocycles. The molecule has 2 aromatic carbocycles. The molecule has 1 N–H and O–H groups in total. The molecule has 112 valence electrons. The molecule has 0 aliphatic heterocycles. The molecule has 0 aromatic heterocycles. The standard InChI is InChI=1S/C16H18ClNO2S/c1-11(2)13-4-7-15(8-5-13)21(19,20)18-16-9-6-14(17)10-12(16)3/h4-11,18H,1-3H3. The van der Waals surface area contributed by atoms with Gasteiger partial charge < -0.3 is 0 Å². The summed E-state index contributed by atoms with van der Waals surface area (Å²) in [7, 11) is -3.58. The lowest BCUT2D eigenvalue weighted by atomic mass is 10.0. The molecule has 21 heavy (non-hydrogen) atoms. The summed E-state index contributed by atoms with van der Waals surface area (Å²) in [5, 5.41) is 0.580. The highest BCUT2D eigenvalue weighted by molar-refractivity contribution is 7.92. The van der Waals surface area contributed by atoms with E-state index in [1.807, 2.05) is 19.1 Å². The molecule has 0 radical (unpaired) electrons. The second-order valence-corrected chi connectivity index (χ2v) is 7.41. The lowest BCUT2D eigenvalue weighted by Gasteiger charge is -2.12. The Hall–Kier alpha value is -1.52. The maximum Gasteiger partial charge on any atom is 0.261 e. The number of hydrogen-bond donors (Lipinski definition) is 1. The van der Waals surface area contributed by atoms with E-state index >= 15 is 0 Å². The van der Waals surface area contributed by atoms with Gasteiger partial charge in [-0.05, 0) is 54.3 Å². The van der Waals surface area contributed by atoms with Crippen molar-refractivity contribution in [2.75, 3.05) is 4.72 Å². The van der Waals surface area contributed by atoms with Gasteiger partial charge in [-0.3, -0.25) is 4.72 Å². The van der Waals surface area contributed by atoms with Gasteiger partial charge in [0.05, 0.1) is 10.6 Å². The van der Waals surface area contributed by atoms with Crippen LogP contribution >= 0.6 is 11.6 Å². The molecular weight excluding hydrogens is 306 g/mol. The normalized spacial score (nSPS) is 11.7. The van der Waals surface area contributed by atoms with E-state index in [2.05, 4.69) is 18.6 Å². The largest absolute Gasteiger partial charge is 0.279 e. The van der Waals surface area contributed by atoms with Crippen molar-refractivity contribution in [3.05, 3.63) is 58.6 Å². The third kappa shape index (κ3) is 3.77. The minimum absolute atomic E-state index is 0.251. The van der Waals surface area contributed by atoms with Crippen molar-refractivity contribution in [2.24, 2.45) is 0 Å². The predicted molar refractivity (Wildman–Crippen MR) is 87.5 cm³/mol. The van der Waals surface area contributed by atoms with Gasteiger partial charge in [0.2, 0.25) is 0 Å². The minimum Gasteiger partial charge on any atom is -0.279 e. The van der Waals surface area contributed by atoms with E-state index in [0.717, 1.165) is 11.1 Å². The highest BCUT2D eigenvalue weighted by atomic mass is 35.5. The van der Waals surface area contributed by atoms with E-state index < -0.39 is 10.0 Å². The Kier molecular flexibility index (Phi) is 4.59. The maximum atomic E-state index is 12.4. The van der Waals surface area contributed by atoms with Gasteiger partial charge >= 0.3 is 0 Å². The van der Waals surface area contributed by atoms with Crippen molar-refractivity contribution in [1.82, 2.24) is 0 Å². The zero-order chi connectivity index (χ0) is 15.6. The highest BCUT2D eigenvalue weighted by Crippen LogP contribution is 2.23. The van der Waals surface area contributed by atoms with Crippen LogP contribution in [0.25, 0.3) is 0 Å². The van der Waals surface area contributed by atoms with Gasteiger partial charge in [0, 0.05) is 5.02 Å². The topological polar surface area (TPSA) is 46.2 Å². The van der Waals surface area contributed by atoms with Gasteiger partial charge in [-0.2, -0.15) is 0 Å². The molecule has 2 rings (SSSR count). The minimum atomic E-state index is -3.58. The van der Waals surface area contributed by atoms with E-state index in [1.165, 1.54) is 0 Å². The number of anilines is 1. The Balaban J connectivity index is 2.29. The summed E-state index contributed by atoms with van der Waals surface area (Å²) in [6.45, 7) is 5.95. The number of aryl methyl sites for hydroxylation is 1. The van der Waals surface area contributed by atoms with Crippen LogP contribution in [0.3, 0.4) is 0 Å². The number of benzene rings is 2. The summed E-state index contributed by atoms with van der Waals surface area (Å²) in [5.74, 6) is 0.369. The third-order valence-electron chi connectivity index (χ3n) is 3.29. The average molecular weight is 324 g/mol. The second-order valence-electron chi connectivity index (χ2n) is 5.29. The fraction of sp³-hybridized carbons (Fsp3) is 0.250. The van der Waals surface area contributed by atoms with Gasteiger partial charge in [-0.25, -0.2) is 8.42 Å². The molecule has 0 amide bonds. The van der Waals surface area contributed by atoms with E-state index in [9.17, 15) is 8.42 Å². The Morgan fingerprint density at radius 3 is 2.19 bits per heavy atom. The van der Waals surface area contributed by atoms with Crippen LogP contribution in [-0.2, 0) is 10.0 Å². The number of hydrogen-bond acceptors (Lipinski definition) is 2. The van der Waals surface area contributed by atoms with Crippen molar-refractivity contribution in [3.8, 4) is 0 Å². The lowest BCUT2D eigenvalue weighted by molar-refractivity contribution is 0.601. The summed E-state index contributed by atoms with van der Waals surface area (Å²) in [6, 6.07) is 12.0. The molecular formula is C16H18ClNO2S. The van der Waals surface area contributed by atoms with Crippen molar-refractivity contribution in [1.29, 1.82) is 0 Å². The van der Waals surface area contributed by atoms with Gasteiger partial charge in [0.1, 0.15) is 0 Å². The lowest BCUT2D eigenvalue weighted by Crippen LogP contribution is -2.13. The molecule has 0 fully saturated rings. The first-order chi connectivity index (χ1) is 9.79. The number of halogens is 1. The van der Waals surface area contributed by atoms with Crippen LogP contribution in [0.2, 0.25) is 5.02 Å². The first-order valence-electron chi connectivity index (χ1n) is 6.68. The summed E-state index contributed by atoms with van der Waals surface area (Å²) in [6.07, 6.45) is 0. The molecule has 0 unspecified atom stereocenters. The molecule has 5 heteroatoms. The quantitative estimate of drug-likeness (QED) is 0.895. The van der Waals surface area contributed by atoms with Crippen LogP contribution in [0.1, 0.15) is 30.9 Å². The molecule has 0 spiro atoms. The summed E-state index contributed by atoms with van der Waals surface area (Å²) in [5.41, 5.74) is 2.42. The first-order valence-corrected chi connectivity index (χ1v) is 8.54. The third-order valence-corrected chi connectivity index (χ3v) is 4.91. The van der Waals surface area contributed by atoms with E-state index in [1.54, 1.807) is 30.3 Å². The molecule has 3 nitrogen and oxygen atoms in total. The average Bonchev–Trinajstić information content (AvgIpc) is 2.42. The first kappa shape index (κ1) is 15.9. The molecule has 0 heterocycles. The molecule has 0 atom stereocenters. The van der Waals surface area contributed by atoms with Crippen molar-refractivity contribution >= 4 is 27.3 Å². The van der Waals surface area contributed by atoms with Crippen LogP contribution in [0.15, 0.2) is 47.4 Å². The Morgan fingerprint density at radius 2 is 1.67 bits per heavy atom. The molecule has 0 bridgehead atoms. The number of sulfonamides is 1. The summed E-state index contributed by atoms with van der Waals surface area (Å²) in [4.78, 5) is 0.251. The van der Waals surface area contributed by atoms with Crippen LogP contribution in [0, 0.1) is 6.92 Å². The van der Waals surface area contributed by atoms with Gasteiger partial charge in [-0.15, -0.1) is 0 Å². The van der Waals surface area contributed by atoms with Crippen molar-refractivity contribution in [3.63, 3.8) is 0 Å².